The number of aryl methyl sites for hydroxylation is 2. The second kappa shape index (κ2) is 7.00. The summed E-state index contributed by atoms with van der Waals surface area (Å²) in [6.45, 7) is 7.74. The molecule has 0 aliphatic carbocycles. The lowest BCUT2D eigenvalue weighted by molar-refractivity contribution is 0.0532. The molecule has 0 aliphatic heterocycles. The van der Waals surface area contributed by atoms with Crippen molar-refractivity contribution in [1.82, 2.24) is 9.97 Å². The Morgan fingerprint density at radius 1 is 1.14 bits per heavy atom. The molecule has 0 unspecified atom stereocenters. The monoisotopic (exact) mass is 407 g/mol. The molecular weight excluding hydrogens is 386 g/mol. The molecule has 2 aromatic heterocycles. The van der Waals surface area contributed by atoms with Gasteiger partial charge in [0.05, 0.1) is 23.2 Å². The van der Waals surface area contributed by atoms with E-state index in [2.05, 4.69) is 4.98 Å². The molecule has 1 amide bonds. The lowest BCUT2D eigenvalue weighted by Crippen LogP contribution is -2.15. The number of ether oxygens (including phenoxy) is 1. The summed E-state index contributed by atoms with van der Waals surface area (Å²) in [7, 11) is 0. The van der Waals surface area contributed by atoms with Crippen molar-refractivity contribution in [3.63, 3.8) is 0 Å². The van der Waals surface area contributed by atoms with Crippen LogP contribution in [0.2, 0.25) is 0 Å². The van der Waals surface area contributed by atoms with Crippen LogP contribution in [0, 0.1) is 20.8 Å². The predicted molar refractivity (Wildman–Crippen MR) is 116 cm³/mol. The first-order chi connectivity index (χ1) is 13.8. The number of carbonyl (C=O) groups excluding carboxylic acids is 2. The van der Waals surface area contributed by atoms with Gasteiger partial charge in [0.15, 0.2) is 0 Å². The number of nitrogens with one attached hydrogen (secondary N) is 1. The van der Waals surface area contributed by atoms with Crippen LogP contribution in [0.25, 0.3) is 32.5 Å². The minimum Gasteiger partial charge on any atom is -0.462 e. The van der Waals surface area contributed by atoms with Gasteiger partial charge in [-0.15, -0.1) is 11.3 Å². The number of imidazole rings is 1. The third kappa shape index (κ3) is 2.89. The second-order valence-electron chi connectivity index (χ2n) is 6.95. The molecule has 3 N–H and O–H groups in total. The van der Waals surface area contributed by atoms with Crippen LogP contribution in [-0.4, -0.2) is 28.5 Å². The van der Waals surface area contributed by atoms with E-state index < -0.39 is 5.91 Å². The molecule has 0 fully saturated rings. The first-order valence-corrected chi connectivity index (χ1v) is 10.1. The Hall–Kier alpha value is -3.19. The molecule has 2 aromatic carbocycles. The third-order valence-electron chi connectivity index (χ3n) is 5.29. The van der Waals surface area contributed by atoms with Gasteiger partial charge >= 0.3 is 5.97 Å². The van der Waals surface area contributed by atoms with E-state index in [1.54, 1.807) is 6.92 Å². The number of aromatic nitrogens is 2. The number of hydrogen-bond donors (Lipinski definition) is 2. The summed E-state index contributed by atoms with van der Waals surface area (Å²) < 4.78 is 6.26. The van der Waals surface area contributed by atoms with Gasteiger partial charge < -0.3 is 15.5 Å². The van der Waals surface area contributed by atoms with Crippen molar-refractivity contribution in [3.8, 4) is 11.4 Å². The van der Waals surface area contributed by atoms with Crippen molar-refractivity contribution in [3.05, 3.63) is 51.4 Å². The van der Waals surface area contributed by atoms with E-state index in [0.29, 0.717) is 28.4 Å². The molecule has 6 nitrogen and oxygen atoms in total. The van der Waals surface area contributed by atoms with Gasteiger partial charge in [-0.1, -0.05) is 18.2 Å². The maximum Gasteiger partial charge on any atom is 0.349 e. The number of fused-ring (bicyclic) bond motifs is 2. The molecule has 0 bridgehead atoms. The average molecular weight is 407 g/mol. The number of benzene rings is 2. The van der Waals surface area contributed by atoms with Crippen molar-refractivity contribution in [2.45, 2.75) is 27.7 Å². The molecule has 0 saturated heterocycles. The Kier molecular flexibility index (Phi) is 4.62. The molecular formula is C22H21N3O3S. The second-order valence-corrected chi connectivity index (χ2v) is 8.00. The number of nitrogens with two attached hydrogens (primary N) is 1. The highest BCUT2D eigenvalue weighted by atomic mass is 32.1. The van der Waals surface area contributed by atoms with Crippen molar-refractivity contribution < 1.29 is 14.3 Å². The van der Waals surface area contributed by atoms with E-state index in [0.717, 1.165) is 37.9 Å². The van der Waals surface area contributed by atoms with Crippen LogP contribution in [0.3, 0.4) is 0 Å². The van der Waals surface area contributed by atoms with E-state index in [1.165, 1.54) is 11.3 Å². The number of H-pyrrole nitrogens is 1. The van der Waals surface area contributed by atoms with Gasteiger partial charge in [0.2, 0.25) is 5.91 Å². The largest absolute Gasteiger partial charge is 0.462 e. The quantitative estimate of drug-likeness (QED) is 0.481. The summed E-state index contributed by atoms with van der Waals surface area (Å²) in [4.78, 5) is 33.3. The molecule has 4 aromatic rings. The minimum atomic E-state index is -0.470. The standard InChI is InChI=1S/C22H21N3O3S/c1-5-28-22(27)19-16(13-8-6-7-9-14(13)29-19)21-24-17-11(3)10(2)15(20(23)26)12(4)18(17)25-21/h6-9H,5H2,1-4H3,(H2,23,26)(H,24,25). The summed E-state index contributed by atoms with van der Waals surface area (Å²) in [5.74, 6) is -0.262. The first-order valence-electron chi connectivity index (χ1n) is 9.33. The van der Waals surface area contributed by atoms with Gasteiger partial charge in [0.1, 0.15) is 10.7 Å². The van der Waals surface area contributed by atoms with Gasteiger partial charge in [-0.25, -0.2) is 9.78 Å². The molecule has 0 aliphatic rings. The molecule has 148 valence electrons. The van der Waals surface area contributed by atoms with Gasteiger partial charge in [-0.3, -0.25) is 4.79 Å². The van der Waals surface area contributed by atoms with Gasteiger partial charge in [-0.05, 0) is 50.5 Å². The summed E-state index contributed by atoms with van der Waals surface area (Å²) in [6.07, 6.45) is 0. The van der Waals surface area contributed by atoms with Crippen LogP contribution in [0.15, 0.2) is 24.3 Å². The number of rotatable bonds is 4. The topological polar surface area (TPSA) is 98.1 Å². The number of hydrogen-bond acceptors (Lipinski definition) is 5. The number of aromatic amines is 1. The van der Waals surface area contributed by atoms with E-state index in [9.17, 15) is 9.59 Å². The summed E-state index contributed by atoms with van der Waals surface area (Å²) in [6, 6.07) is 7.81. The molecule has 29 heavy (non-hydrogen) atoms. The molecule has 0 saturated carbocycles. The number of esters is 1. The Bertz CT molecular complexity index is 1300. The molecule has 0 spiro atoms. The molecule has 0 radical (unpaired) electrons. The fourth-order valence-corrected chi connectivity index (χ4v) is 4.90. The molecule has 0 atom stereocenters. The summed E-state index contributed by atoms with van der Waals surface area (Å²) >= 11 is 1.39. The van der Waals surface area contributed by atoms with Crippen molar-refractivity contribution >= 4 is 44.3 Å². The normalized spacial score (nSPS) is 11.3. The van der Waals surface area contributed by atoms with E-state index in [-0.39, 0.29) is 5.97 Å². The van der Waals surface area contributed by atoms with E-state index in [4.69, 9.17) is 15.5 Å². The van der Waals surface area contributed by atoms with E-state index in [1.807, 2.05) is 45.0 Å². The summed E-state index contributed by atoms with van der Waals surface area (Å²) in [5, 5.41) is 0.932. The lowest BCUT2D eigenvalue weighted by Gasteiger charge is -2.10. The SMILES string of the molecule is CCOC(=O)c1sc2ccccc2c1-c1nc2c(C)c(C(N)=O)c(C)c(C)c2[nH]1. The number of carbonyl (C=O) groups is 2. The Balaban J connectivity index is 2.05. The van der Waals surface area contributed by atoms with Crippen LogP contribution in [-0.2, 0) is 4.74 Å². The predicted octanol–water partition coefficient (Wildman–Crippen LogP) is 4.65. The fraction of sp³-hybridized carbons (Fsp3) is 0.227. The van der Waals surface area contributed by atoms with Crippen molar-refractivity contribution in [2.24, 2.45) is 5.73 Å². The number of thiophene rings is 1. The highest BCUT2D eigenvalue weighted by molar-refractivity contribution is 7.21. The Labute approximate surface area is 171 Å². The zero-order valence-corrected chi connectivity index (χ0v) is 17.5. The minimum absolute atomic E-state index is 0.298. The van der Waals surface area contributed by atoms with Gasteiger partial charge in [0.25, 0.3) is 0 Å². The van der Waals surface area contributed by atoms with Gasteiger partial charge in [0, 0.05) is 15.6 Å². The molecule has 4 rings (SSSR count). The Morgan fingerprint density at radius 3 is 2.55 bits per heavy atom. The zero-order chi connectivity index (χ0) is 20.9. The van der Waals surface area contributed by atoms with Crippen LogP contribution in [0.5, 0.6) is 0 Å². The third-order valence-corrected chi connectivity index (χ3v) is 6.44. The molecule has 2 heterocycles. The zero-order valence-electron chi connectivity index (χ0n) is 16.7. The number of primary amides is 1. The van der Waals surface area contributed by atoms with Crippen LogP contribution >= 0.6 is 11.3 Å². The number of amides is 1. The first kappa shape index (κ1) is 19.1. The smallest absolute Gasteiger partial charge is 0.349 e. The average Bonchev–Trinajstić information content (AvgIpc) is 3.28. The van der Waals surface area contributed by atoms with E-state index >= 15 is 0 Å². The fourth-order valence-electron chi connectivity index (χ4n) is 3.80. The highest BCUT2D eigenvalue weighted by Crippen LogP contribution is 2.39. The lowest BCUT2D eigenvalue weighted by atomic mass is 9.96. The maximum absolute atomic E-state index is 12.6. The Morgan fingerprint density at radius 2 is 1.86 bits per heavy atom. The maximum atomic E-state index is 12.6. The summed E-state index contributed by atoms with van der Waals surface area (Å²) in [5.41, 5.74) is 10.8. The number of nitrogens with zero attached hydrogens (tertiary/aromatic N) is 1. The molecule has 7 heteroatoms. The van der Waals surface area contributed by atoms with Gasteiger partial charge in [-0.2, -0.15) is 0 Å². The highest BCUT2D eigenvalue weighted by Gasteiger charge is 2.25. The van der Waals surface area contributed by atoms with Crippen LogP contribution in [0.4, 0.5) is 0 Å². The van der Waals surface area contributed by atoms with Crippen molar-refractivity contribution in [1.29, 1.82) is 0 Å². The van der Waals surface area contributed by atoms with Crippen LogP contribution < -0.4 is 5.73 Å². The van der Waals surface area contributed by atoms with Crippen LogP contribution in [0.1, 0.15) is 43.6 Å². The van der Waals surface area contributed by atoms with Crippen molar-refractivity contribution in [2.75, 3.05) is 6.61 Å².